The summed E-state index contributed by atoms with van der Waals surface area (Å²) in [5.74, 6) is 0. The van der Waals surface area contributed by atoms with E-state index in [9.17, 15) is 0 Å². The predicted octanol–water partition coefficient (Wildman–Crippen LogP) is 2.83. The van der Waals surface area contributed by atoms with Crippen LogP contribution in [0.5, 0.6) is 0 Å². The second-order valence-electron chi connectivity index (χ2n) is 5.28. The number of methoxy groups -OCH3 is 1. The lowest BCUT2D eigenvalue weighted by molar-refractivity contribution is 0.204. The normalized spacial score (nSPS) is 12.7. The van der Waals surface area contributed by atoms with Crippen molar-refractivity contribution < 1.29 is 4.74 Å². The molecule has 0 amide bonds. The lowest BCUT2D eigenvalue weighted by Crippen LogP contribution is -2.35. The van der Waals surface area contributed by atoms with Gasteiger partial charge in [-0.2, -0.15) is 0 Å². The largest absolute Gasteiger partial charge is 0.383 e. The zero-order chi connectivity index (χ0) is 14.3. The van der Waals surface area contributed by atoms with Gasteiger partial charge in [-0.25, -0.2) is 0 Å². The van der Waals surface area contributed by atoms with Gasteiger partial charge >= 0.3 is 0 Å². The Morgan fingerprint density at radius 1 is 1.26 bits per heavy atom. The molecular formula is C16H28N2O. The lowest BCUT2D eigenvalue weighted by atomic mass is 10.0. The van der Waals surface area contributed by atoms with Gasteiger partial charge in [0.25, 0.3) is 0 Å². The molecule has 0 fully saturated rings. The summed E-state index contributed by atoms with van der Waals surface area (Å²) < 4.78 is 5.22. The van der Waals surface area contributed by atoms with Crippen LogP contribution in [0, 0.1) is 0 Å². The predicted molar refractivity (Wildman–Crippen MR) is 82.8 cm³/mol. The zero-order valence-electron chi connectivity index (χ0n) is 12.7. The Kier molecular flexibility index (Phi) is 6.89. The first-order chi connectivity index (χ1) is 9.10. The van der Waals surface area contributed by atoms with Crippen molar-refractivity contribution in [2.24, 2.45) is 5.73 Å². The van der Waals surface area contributed by atoms with Crippen LogP contribution in [0.3, 0.4) is 0 Å². The van der Waals surface area contributed by atoms with Crippen LogP contribution in [0.2, 0.25) is 0 Å². The Balaban J connectivity index is 2.94. The third kappa shape index (κ3) is 4.84. The van der Waals surface area contributed by atoms with Crippen molar-refractivity contribution in [3.63, 3.8) is 0 Å². The van der Waals surface area contributed by atoms with Crippen LogP contribution < -0.4 is 10.6 Å². The molecule has 0 bridgehead atoms. The molecule has 1 aromatic rings. The first-order valence-electron chi connectivity index (χ1n) is 7.19. The van der Waals surface area contributed by atoms with Gasteiger partial charge in [0.1, 0.15) is 0 Å². The highest BCUT2D eigenvalue weighted by Crippen LogP contribution is 2.23. The molecule has 19 heavy (non-hydrogen) atoms. The van der Waals surface area contributed by atoms with Crippen molar-refractivity contribution in [2.75, 3.05) is 25.2 Å². The Morgan fingerprint density at radius 3 is 2.53 bits per heavy atom. The van der Waals surface area contributed by atoms with E-state index in [1.165, 1.54) is 11.3 Å². The Bertz CT molecular complexity index is 366. The molecule has 0 heterocycles. The maximum absolute atomic E-state index is 6.11. The molecule has 1 atom stereocenters. The molecule has 0 aliphatic heterocycles. The monoisotopic (exact) mass is 264 g/mol. The van der Waals surface area contributed by atoms with Gasteiger partial charge in [-0.15, -0.1) is 0 Å². The number of hydrogen-bond donors (Lipinski definition) is 1. The standard InChI is InChI=1S/C16H28N2O/c1-5-15(17)12-14-8-6-7-9-16(14)18(13(2)3)10-11-19-4/h6-9,13,15H,5,10-12,17H2,1-4H3. The van der Waals surface area contributed by atoms with Crippen LogP contribution in [0.15, 0.2) is 24.3 Å². The Hall–Kier alpha value is -1.06. The molecule has 0 aliphatic rings. The zero-order valence-corrected chi connectivity index (χ0v) is 12.7. The molecule has 0 saturated heterocycles. The third-order valence-corrected chi connectivity index (χ3v) is 3.47. The van der Waals surface area contributed by atoms with E-state index in [-0.39, 0.29) is 6.04 Å². The molecule has 1 rings (SSSR count). The molecule has 0 saturated carbocycles. The smallest absolute Gasteiger partial charge is 0.0637 e. The van der Waals surface area contributed by atoms with Gasteiger partial charge in [0.05, 0.1) is 6.61 Å². The quantitative estimate of drug-likeness (QED) is 0.784. The second kappa shape index (κ2) is 8.18. The van der Waals surface area contributed by atoms with Gasteiger partial charge in [0.2, 0.25) is 0 Å². The Labute approximate surface area is 117 Å². The summed E-state index contributed by atoms with van der Waals surface area (Å²) in [6.45, 7) is 8.22. The van der Waals surface area contributed by atoms with E-state index in [0.717, 1.165) is 26.0 Å². The number of hydrogen-bond acceptors (Lipinski definition) is 3. The van der Waals surface area contributed by atoms with Gasteiger partial charge < -0.3 is 15.4 Å². The minimum absolute atomic E-state index is 0.234. The molecule has 0 spiro atoms. The summed E-state index contributed by atoms with van der Waals surface area (Å²) in [4.78, 5) is 2.39. The fraction of sp³-hybridized carbons (Fsp3) is 0.625. The fourth-order valence-corrected chi connectivity index (χ4v) is 2.24. The molecule has 108 valence electrons. The van der Waals surface area contributed by atoms with Crippen LogP contribution >= 0.6 is 0 Å². The summed E-state index contributed by atoms with van der Waals surface area (Å²) in [7, 11) is 1.75. The summed E-state index contributed by atoms with van der Waals surface area (Å²) in [5.41, 5.74) is 8.73. The molecule has 3 heteroatoms. The van der Waals surface area contributed by atoms with Gasteiger partial charge in [-0.3, -0.25) is 0 Å². The van der Waals surface area contributed by atoms with E-state index in [4.69, 9.17) is 10.5 Å². The van der Waals surface area contributed by atoms with Gasteiger partial charge in [-0.05, 0) is 38.3 Å². The highest BCUT2D eigenvalue weighted by atomic mass is 16.5. The van der Waals surface area contributed by atoms with Gasteiger partial charge in [0, 0.05) is 31.4 Å². The number of para-hydroxylation sites is 1. The lowest BCUT2D eigenvalue weighted by Gasteiger charge is -2.31. The van der Waals surface area contributed by atoms with Crippen molar-refractivity contribution in [3.8, 4) is 0 Å². The summed E-state index contributed by atoms with van der Waals surface area (Å²) >= 11 is 0. The highest BCUT2D eigenvalue weighted by molar-refractivity contribution is 5.54. The topological polar surface area (TPSA) is 38.5 Å². The third-order valence-electron chi connectivity index (χ3n) is 3.47. The first-order valence-corrected chi connectivity index (χ1v) is 7.19. The molecule has 2 N–H and O–H groups in total. The first kappa shape index (κ1) is 16.0. The van der Waals surface area contributed by atoms with Crippen LogP contribution in [-0.4, -0.2) is 32.3 Å². The van der Waals surface area contributed by atoms with Crippen molar-refractivity contribution in [2.45, 2.75) is 45.7 Å². The van der Waals surface area contributed by atoms with Crippen LogP contribution in [0.1, 0.15) is 32.8 Å². The summed E-state index contributed by atoms with van der Waals surface area (Å²) in [6, 6.07) is 9.25. The van der Waals surface area contributed by atoms with E-state index in [0.29, 0.717) is 6.04 Å². The maximum Gasteiger partial charge on any atom is 0.0637 e. The number of nitrogens with two attached hydrogens (primary N) is 1. The minimum Gasteiger partial charge on any atom is -0.383 e. The molecule has 0 radical (unpaired) electrons. The van der Waals surface area contributed by atoms with Crippen LogP contribution in [0.4, 0.5) is 5.69 Å². The van der Waals surface area contributed by atoms with E-state index in [1.54, 1.807) is 7.11 Å². The average Bonchev–Trinajstić information content (AvgIpc) is 2.40. The molecule has 1 aromatic carbocycles. The number of anilines is 1. The minimum atomic E-state index is 0.234. The van der Waals surface area contributed by atoms with Crippen LogP contribution in [0.25, 0.3) is 0 Å². The summed E-state index contributed by atoms with van der Waals surface area (Å²) in [6.07, 6.45) is 1.94. The van der Waals surface area contributed by atoms with Gasteiger partial charge in [0.15, 0.2) is 0 Å². The van der Waals surface area contributed by atoms with Crippen molar-refractivity contribution >= 4 is 5.69 Å². The van der Waals surface area contributed by atoms with Crippen molar-refractivity contribution in [1.82, 2.24) is 0 Å². The van der Waals surface area contributed by atoms with E-state index in [1.807, 2.05) is 0 Å². The molecule has 1 unspecified atom stereocenters. The van der Waals surface area contributed by atoms with Crippen molar-refractivity contribution in [3.05, 3.63) is 29.8 Å². The number of benzene rings is 1. The second-order valence-corrected chi connectivity index (χ2v) is 5.28. The number of nitrogens with zero attached hydrogens (tertiary/aromatic N) is 1. The number of ether oxygens (including phenoxy) is 1. The average molecular weight is 264 g/mol. The SMILES string of the molecule is CCC(N)Cc1ccccc1N(CCOC)C(C)C. The molecule has 3 nitrogen and oxygen atoms in total. The number of rotatable bonds is 8. The van der Waals surface area contributed by atoms with E-state index in [2.05, 4.69) is 49.9 Å². The molecule has 0 aromatic heterocycles. The summed E-state index contributed by atoms with van der Waals surface area (Å²) in [5, 5.41) is 0. The molecule has 0 aliphatic carbocycles. The maximum atomic E-state index is 6.11. The highest BCUT2D eigenvalue weighted by Gasteiger charge is 2.15. The van der Waals surface area contributed by atoms with Crippen LogP contribution in [-0.2, 0) is 11.2 Å². The molecular weight excluding hydrogens is 236 g/mol. The van der Waals surface area contributed by atoms with Gasteiger partial charge in [-0.1, -0.05) is 25.1 Å². The Morgan fingerprint density at radius 2 is 1.95 bits per heavy atom. The van der Waals surface area contributed by atoms with Crippen molar-refractivity contribution in [1.29, 1.82) is 0 Å². The fourth-order valence-electron chi connectivity index (χ4n) is 2.24. The van der Waals surface area contributed by atoms with E-state index >= 15 is 0 Å². The van der Waals surface area contributed by atoms with E-state index < -0.39 is 0 Å².